The van der Waals surface area contributed by atoms with E-state index in [9.17, 15) is 9.90 Å². The van der Waals surface area contributed by atoms with Gasteiger partial charge in [0.05, 0.1) is 5.92 Å². The Labute approximate surface area is 178 Å². The first-order chi connectivity index (χ1) is 14.4. The molecular formula is C27H28O3. The lowest BCUT2D eigenvalue weighted by molar-refractivity contribution is -0.138. The summed E-state index contributed by atoms with van der Waals surface area (Å²) in [5.41, 5.74) is 9.76. The fourth-order valence-corrected chi connectivity index (χ4v) is 4.48. The predicted octanol–water partition coefficient (Wildman–Crippen LogP) is 6.35. The molecule has 0 amide bonds. The minimum Gasteiger partial charge on any atom is -0.489 e. The molecule has 2 atom stereocenters. The van der Waals surface area contributed by atoms with Crippen LogP contribution in [-0.4, -0.2) is 11.1 Å². The largest absolute Gasteiger partial charge is 0.489 e. The smallest absolute Gasteiger partial charge is 0.307 e. The van der Waals surface area contributed by atoms with Gasteiger partial charge in [-0.05, 0) is 96.7 Å². The molecule has 0 heterocycles. The summed E-state index contributed by atoms with van der Waals surface area (Å²) in [6.45, 7) is 9.01. The molecule has 1 fully saturated rings. The Hall–Kier alpha value is -3.07. The summed E-state index contributed by atoms with van der Waals surface area (Å²) >= 11 is 0. The van der Waals surface area contributed by atoms with E-state index in [2.05, 4.69) is 57.2 Å². The van der Waals surface area contributed by atoms with Crippen LogP contribution in [0, 0.1) is 33.6 Å². The van der Waals surface area contributed by atoms with Gasteiger partial charge in [-0.1, -0.05) is 42.5 Å². The summed E-state index contributed by atoms with van der Waals surface area (Å²) in [4.78, 5) is 11.2. The van der Waals surface area contributed by atoms with Gasteiger partial charge in [0.15, 0.2) is 0 Å². The predicted molar refractivity (Wildman–Crippen MR) is 120 cm³/mol. The summed E-state index contributed by atoms with van der Waals surface area (Å²) in [5.74, 6) is 0.0400. The van der Waals surface area contributed by atoms with Gasteiger partial charge in [-0.15, -0.1) is 0 Å². The van der Waals surface area contributed by atoms with Crippen LogP contribution >= 0.6 is 0 Å². The van der Waals surface area contributed by atoms with E-state index in [0.717, 1.165) is 23.3 Å². The van der Waals surface area contributed by atoms with Crippen molar-refractivity contribution in [3.8, 4) is 16.9 Å². The molecule has 1 aliphatic carbocycles. The number of carbonyl (C=O) groups is 1. The highest BCUT2D eigenvalue weighted by Crippen LogP contribution is 2.49. The molecule has 3 aromatic carbocycles. The first-order valence-corrected chi connectivity index (χ1v) is 10.5. The lowest BCUT2D eigenvalue weighted by Crippen LogP contribution is -2.02. The highest BCUT2D eigenvalue weighted by atomic mass is 16.5. The molecule has 154 valence electrons. The van der Waals surface area contributed by atoms with Gasteiger partial charge in [0.25, 0.3) is 0 Å². The Bertz CT molecular complexity index is 1090. The fraction of sp³-hybridized carbons (Fsp3) is 0.296. The van der Waals surface area contributed by atoms with Crippen molar-refractivity contribution in [1.29, 1.82) is 0 Å². The van der Waals surface area contributed by atoms with Gasteiger partial charge in [0.1, 0.15) is 12.4 Å². The summed E-state index contributed by atoms with van der Waals surface area (Å²) in [6.07, 6.45) is 0.737. The van der Waals surface area contributed by atoms with Gasteiger partial charge in [-0.25, -0.2) is 0 Å². The molecule has 1 aliphatic rings. The Kier molecular flexibility index (Phi) is 5.38. The molecular weight excluding hydrogens is 372 g/mol. The number of carboxylic acid groups (broad SMARTS) is 1. The molecule has 30 heavy (non-hydrogen) atoms. The first-order valence-electron chi connectivity index (χ1n) is 10.5. The number of aliphatic carboxylic acids is 1. The third-order valence-corrected chi connectivity index (χ3v) is 6.34. The van der Waals surface area contributed by atoms with Gasteiger partial charge < -0.3 is 9.84 Å². The fourth-order valence-electron chi connectivity index (χ4n) is 4.48. The van der Waals surface area contributed by atoms with Crippen molar-refractivity contribution in [2.75, 3.05) is 0 Å². The second kappa shape index (κ2) is 7.98. The number of rotatable bonds is 6. The lowest BCUT2D eigenvalue weighted by atomic mass is 9.91. The topological polar surface area (TPSA) is 46.5 Å². The number of carboxylic acids is 1. The van der Waals surface area contributed by atoms with Crippen molar-refractivity contribution in [1.82, 2.24) is 0 Å². The van der Waals surface area contributed by atoms with Crippen molar-refractivity contribution in [3.05, 3.63) is 88.0 Å². The first kappa shape index (κ1) is 20.2. The van der Waals surface area contributed by atoms with Crippen molar-refractivity contribution in [3.63, 3.8) is 0 Å². The molecule has 0 saturated heterocycles. The van der Waals surface area contributed by atoms with Crippen molar-refractivity contribution in [2.45, 2.75) is 46.6 Å². The van der Waals surface area contributed by atoms with E-state index < -0.39 is 5.97 Å². The summed E-state index contributed by atoms with van der Waals surface area (Å²) in [5, 5.41) is 9.18. The van der Waals surface area contributed by atoms with Gasteiger partial charge in [-0.3, -0.25) is 4.79 Å². The minimum absolute atomic E-state index is 0.146. The molecule has 3 heteroatoms. The summed E-state index contributed by atoms with van der Waals surface area (Å²) < 4.78 is 6.12. The van der Waals surface area contributed by atoms with E-state index in [-0.39, 0.29) is 11.8 Å². The zero-order valence-electron chi connectivity index (χ0n) is 18.0. The lowest BCUT2D eigenvalue weighted by Gasteiger charge is -2.16. The van der Waals surface area contributed by atoms with Gasteiger partial charge in [0.2, 0.25) is 0 Å². The maximum absolute atomic E-state index is 11.2. The zero-order valence-corrected chi connectivity index (χ0v) is 18.0. The average Bonchev–Trinajstić information content (AvgIpc) is 3.49. The number of hydrogen-bond donors (Lipinski definition) is 1. The molecule has 0 aromatic heterocycles. The Morgan fingerprint density at radius 2 is 1.67 bits per heavy atom. The third-order valence-electron chi connectivity index (χ3n) is 6.34. The minimum atomic E-state index is -0.695. The van der Waals surface area contributed by atoms with E-state index >= 15 is 0 Å². The van der Waals surface area contributed by atoms with Crippen molar-refractivity contribution < 1.29 is 14.6 Å². The highest BCUT2D eigenvalue weighted by molar-refractivity contribution is 5.76. The molecule has 0 spiro atoms. The Balaban J connectivity index is 1.52. The van der Waals surface area contributed by atoms with E-state index in [1.807, 2.05) is 25.1 Å². The molecule has 1 N–H and O–H groups in total. The standard InChI is InChI=1S/C27H28O3/c1-16-7-5-8-17(2)26(16)23-10-6-9-20(19(23)4)15-30-21-11-12-22(18(3)13-21)24-14-25(24)27(28)29/h5-13,24-25H,14-15H2,1-4H3,(H,28,29). The van der Waals surface area contributed by atoms with Crippen LogP contribution in [0.4, 0.5) is 0 Å². The number of aryl methyl sites for hydroxylation is 3. The maximum atomic E-state index is 11.2. The van der Waals surface area contributed by atoms with Gasteiger partial charge >= 0.3 is 5.97 Å². The van der Waals surface area contributed by atoms with Crippen LogP contribution in [0.5, 0.6) is 5.75 Å². The second-order valence-corrected chi connectivity index (χ2v) is 8.45. The van der Waals surface area contributed by atoms with Crippen LogP contribution in [-0.2, 0) is 11.4 Å². The molecule has 3 aromatic rings. The van der Waals surface area contributed by atoms with Crippen LogP contribution < -0.4 is 4.74 Å². The second-order valence-electron chi connectivity index (χ2n) is 8.45. The molecule has 4 rings (SSSR count). The van der Waals surface area contributed by atoms with Crippen molar-refractivity contribution >= 4 is 5.97 Å². The van der Waals surface area contributed by atoms with E-state index in [4.69, 9.17) is 4.74 Å². The van der Waals surface area contributed by atoms with E-state index in [1.54, 1.807) is 0 Å². The summed E-state index contributed by atoms with van der Waals surface area (Å²) in [6, 6.07) is 18.8. The van der Waals surface area contributed by atoms with E-state index in [1.165, 1.54) is 33.4 Å². The van der Waals surface area contributed by atoms with Crippen LogP contribution in [0.2, 0.25) is 0 Å². The molecule has 1 saturated carbocycles. The monoisotopic (exact) mass is 400 g/mol. The molecule has 2 unspecified atom stereocenters. The number of hydrogen-bond acceptors (Lipinski definition) is 2. The third kappa shape index (κ3) is 3.85. The van der Waals surface area contributed by atoms with Crippen LogP contribution in [0.15, 0.2) is 54.6 Å². The highest BCUT2D eigenvalue weighted by Gasteiger charge is 2.44. The average molecular weight is 401 g/mol. The van der Waals surface area contributed by atoms with Crippen LogP contribution in [0.25, 0.3) is 11.1 Å². The van der Waals surface area contributed by atoms with Gasteiger partial charge in [0, 0.05) is 0 Å². The van der Waals surface area contributed by atoms with Crippen molar-refractivity contribution in [2.24, 2.45) is 5.92 Å². The molecule has 0 radical (unpaired) electrons. The van der Waals surface area contributed by atoms with Crippen LogP contribution in [0.1, 0.15) is 45.7 Å². The Morgan fingerprint density at radius 1 is 0.967 bits per heavy atom. The number of benzene rings is 3. The maximum Gasteiger partial charge on any atom is 0.307 e. The van der Waals surface area contributed by atoms with Gasteiger partial charge in [-0.2, -0.15) is 0 Å². The SMILES string of the molecule is Cc1cc(OCc2cccc(-c3c(C)cccc3C)c2C)ccc1C1CC1C(=O)O. The normalized spacial score (nSPS) is 17.6. The Morgan fingerprint density at radius 3 is 2.30 bits per heavy atom. The van der Waals surface area contributed by atoms with Crippen LogP contribution in [0.3, 0.4) is 0 Å². The van der Waals surface area contributed by atoms with E-state index in [0.29, 0.717) is 6.61 Å². The molecule has 0 aliphatic heterocycles. The molecule has 3 nitrogen and oxygen atoms in total. The zero-order chi connectivity index (χ0) is 21.4. The quantitative estimate of drug-likeness (QED) is 0.524. The number of ether oxygens (including phenoxy) is 1. The molecule has 0 bridgehead atoms. The summed E-state index contributed by atoms with van der Waals surface area (Å²) in [7, 11) is 0.